The molecule has 200 valence electrons. The van der Waals surface area contributed by atoms with E-state index < -0.39 is 10.0 Å². The van der Waals surface area contributed by atoms with Gasteiger partial charge in [-0.2, -0.15) is 11.8 Å². The van der Waals surface area contributed by atoms with Gasteiger partial charge in [-0.25, -0.2) is 8.42 Å². The number of carbonyl (C=O) groups excluding carboxylic acids is 1. The van der Waals surface area contributed by atoms with Crippen LogP contribution in [0.15, 0.2) is 42.5 Å². The first-order valence-corrected chi connectivity index (χ1v) is 16.7. The highest BCUT2D eigenvalue weighted by molar-refractivity contribution is 7.98. The SMILES string of the molecule is CS(=O)(=O)N(CC(=O)NCCSCc1ccc(Cl)c(Cl)c1)c1ccc(C23CC4CC(CC(C4)C2)C3)cc1. The van der Waals surface area contributed by atoms with Crippen molar-refractivity contribution in [3.63, 3.8) is 0 Å². The average molecular weight is 582 g/mol. The first kappa shape index (κ1) is 27.2. The van der Waals surface area contributed by atoms with Gasteiger partial charge in [0.15, 0.2) is 0 Å². The summed E-state index contributed by atoms with van der Waals surface area (Å²) in [5.74, 6) is 3.69. The van der Waals surface area contributed by atoms with Gasteiger partial charge >= 0.3 is 0 Å². The van der Waals surface area contributed by atoms with Crippen molar-refractivity contribution < 1.29 is 13.2 Å². The number of sulfonamides is 1. The van der Waals surface area contributed by atoms with Crippen molar-refractivity contribution in [2.24, 2.45) is 17.8 Å². The highest BCUT2D eigenvalue weighted by Crippen LogP contribution is 2.60. The average Bonchev–Trinajstić information content (AvgIpc) is 2.83. The normalized spacial score (nSPS) is 26.3. The van der Waals surface area contributed by atoms with E-state index >= 15 is 0 Å². The molecule has 6 rings (SSSR count). The quantitative estimate of drug-likeness (QED) is 0.336. The lowest BCUT2D eigenvalue weighted by Crippen LogP contribution is -2.48. The Hall–Kier alpha value is -1.41. The summed E-state index contributed by atoms with van der Waals surface area (Å²) in [6, 6.07) is 13.5. The predicted molar refractivity (Wildman–Crippen MR) is 154 cm³/mol. The third-order valence-corrected chi connectivity index (χ3v) is 11.2. The van der Waals surface area contributed by atoms with Crippen molar-refractivity contribution in [2.75, 3.05) is 29.4 Å². The maximum absolute atomic E-state index is 12.6. The fraction of sp³-hybridized carbons (Fsp3) is 0.536. The van der Waals surface area contributed by atoms with E-state index in [0.717, 1.165) is 35.3 Å². The van der Waals surface area contributed by atoms with Gasteiger partial charge in [-0.1, -0.05) is 41.4 Å². The molecule has 0 radical (unpaired) electrons. The van der Waals surface area contributed by atoms with Gasteiger partial charge in [0, 0.05) is 18.1 Å². The minimum Gasteiger partial charge on any atom is -0.354 e. The summed E-state index contributed by atoms with van der Waals surface area (Å²) in [6.07, 6.45) is 9.12. The highest BCUT2D eigenvalue weighted by atomic mass is 35.5. The summed E-state index contributed by atoms with van der Waals surface area (Å²) < 4.78 is 26.4. The number of nitrogens with zero attached hydrogens (tertiary/aromatic N) is 1. The van der Waals surface area contributed by atoms with Gasteiger partial charge in [0.1, 0.15) is 6.54 Å². The summed E-state index contributed by atoms with van der Waals surface area (Å²) >= 11 is 13.7. The molecule has 2 aromatic carbocycles. The maximum Gasteiger partial charge on any atom is 0.240 e. The molecule has 4 saturated carbocycles. The summed E-state index contributed by atoms with van der Waals surface area (Å²) in [5.41, 5.74) is 3.20. The van der Waals surface area contributed by atoms with Crippen LogP contribution < -0.4 is 9.62 Å². The van der Waals surface area contributed by atoms with Gasteiger partial charge in [-0.3, -0.25) is 9.10 Å². The van der Waals surface area contributed by atoms with Crippen LogP contribution in [0.4, 0.5) is 5.69 Å². The van der Waals surface area contributed by atoms with Crippen LogP contribution in [0, 0.1) is 17.8 Å². The molecule has 4 aliphatic carbocycles. The zero-order valence-corrected chi connectivity index (χ0v) is 24.2. The molecule has 4 fully saturated rings. The van der Waals surface area contributed by atoms with Crippen LogP contribution in [-0.2, 0) is 26.0 Å². The van der Waals surface area contributed by atoms with Gasteiger partial charge in [0.2, 0.25) is 15.9 Å². The van der Waals surface area contributed by atoms with E-state index in [-0.39, 0.29) is 17.9 Å². The lowest BCUT2D eigenvalue weighted by Gasteiger charge is -2.57. The molecular formula is C28H34Cl2N2O3S2. The third-order valence-electron chi connectivity index (χ3n) is 8.31. The van der Waals surface area contributed by atoms with Crippen LogP contribution in [0.1, 0.15) is 49.7 Å². The van der Waals surface area contributed by atoms with Crippen LogP contribution in [0.5, 0.6) is 0 Å². The van der Waals surface area contributed by atoms with Crippen LogP contribution in [0.2, 0.25) is 10.0 Å². The number of rotatable bonds is 10. The van der Waals surface area contributed by atoms with E-state index in [1.807, 2.05) is 24.3 Å². The van der Waals surface area contributed by atoms with Gasteiger partial charge < -0.3 is 5.32 Å². The van der Waals surface area contributed by atoms with Gasteiger partial charge in [0.25, 0.3) is 0 Å². The molecule has 1 amide bonds. The molecule has 0 saturated heterocycles. The van der Waals surface area contributed by atoms with E-state index in [9.17, 15) is 13.2 Å². The Labute approximate surface area is 234 Å². The Balaban J connectivity index is 1.16. The first-order chi connectivity index (χ1) is 17.6. The first-order valence-electron chi connectivity index (χ1n) is 13.0. The van der Waals surface area contributed by atoms with Crippen molar-refractivity contribution in [3.8, 4) is 0 Å². The molecule has 2 aromatic rings. The molecular weight excluding hydrogens is 547 g/mol. The Morgan fingerprint density at radius 1 is 1.00 bits per heavy atom. The Morgan fingerprint density at radius 2 is 1.62 bits per heavy atom. The minimum atomic E-state index is -3.61. The molecule has 0 aliphatic heterocycles. The number of halogens is 2. The molecule has 0 atom stereocenters. The molecule has 4 aliphatic rings. The van der Waals surface area contributed by atoms with Crippen LogP contribution in [0.3, 0.4) is 0 Å². The van der Waals surface area contributed by atoms with Gasteiger partial charge in [-0.15, -0.1) is 0 Å². The smallest absolute Gasteiger partial charge is 0.240 e. The van der Waals surface area contributed by atoms with Gasteiger partial charge in [-0.05, 0) is 97.1 Å². The molecule has 0 unspecified atom stereocenters. The van der Waals surface area contributed by atoms with Crippen molar-refractivity contribution in [2.45, 2.75) is 49.7 Å². The monoisotopic (exact) mass is 580 g/mol. The van der Waals surface area contributed by atoms with Crippen LogP contribution in [0.25, 0.3) is 0 Å². The van der Waals surface area contributed by atoms with Crippen molar-refractivity contribution in [3.05, 3.63) is 63.6 Å². The molecule has 0 spiro atoms. The number of benzene rings is 2. The van der Waals surface area contributed by atoms with Crippen LogP contribution in [-0.4, -0.2) is 39.4 Å². The lowest BCUT2D eigenvalue weighted by atomic mass is 9.48. The molecule has 37 heavy (non-hydrogen) atoms. The second-order valence-corrected chi connectivity index (χ2v) is 15.0. The van der Waals surface area contributed by atoms with Crippen molar-refractivity contribution in [1.82, 2.24) is 5.32 Å². The maximum atomic E-state index is 12.6. The van der Waals surface area contributed by atoms with E-state index in [1.54, 1.807) is 17.8 Å². The minimum absolute atomic E-state index is 0.229. The lowest BCUT2D eigenvalue weighted by molar-refractivity contribution is -0.119. The number of carbonyl (C=O) groups is 1. The Morgan fingerprint density at radius 3 is 2.19 bits per heavy atom. The summed E-state index contributed by atoms with van der Waals surface area (Å²) in [6.45, 7) is 0.223. The summed E-state index contributed by atoms with van der Waals surface area (Å²) in [7, 11) is -3.61. The predicted octanol–water partition coefficient (Wildman–Crippen LogP) is 6.28. The fourth-order valence-corrected chi connectivity index (χ4v) is 9.10. The fourth-order valence-electron chi connectivity index (χ4n) is 7.11. The zero-order chi connectivity index (χ0) is 26.2. The number of hydrogen-bond acceptors (Lipinski definition) is 4. The number of thioether (sulfide) groups is 1. The van der Waals surface area contributed by atoms with Gasteiger partial charge in [0.05, 0.1) is 22.0 Å². The second kappa shape index (κ2) is 11.0. The Kier molecular flexibility index (Phi) is 8.07. The largest absolute Gasteiger partial charge is 0.354 e. The summed E-state index contributed by atoms with van der Waals surface area (Å²) in [4.78, 5) is 12.6. The van der Waals surface area contributed by atoms with E-state index in [4.69, 9.17) is 23.2 Å². The van der Waals surface area contributed by atoms with Crippen molar-refractivity contribution in [1.29, 1.82) is 0 Å². The molecule has 4 bridgehead atoms. The Bertz CT molecular complexity index is 1220. The zero-order valence-electron chi connectivity index (χ0n) is 21.1. The van der Waals surface area contributed by atoms with E-state index in [2.05, 4.69) is 17.4 Å². The number of anilines is 1. The van der Waals surface area contributed by atoms with E-state index in [1.165, 1.54) is 48.4 Å². The molecule has 5 nitrogen and oxygen atoms in total. The number of nitrogens with one attached hydrogen (secondary N) is 1. The summed E-state index contributed by atoms with van der Waals surface area (Å²) in [5, 5.41) is 3.91. The number of hydrogen-bond donors (Lipinski definition) is 1. The van der Waals surface area contributed by atoms with Crippen LogP contribution >= 0.6 is 35.0 Å². The second-order valence-electron chi connectivity index (χ2n) is 11.2. The van der Waals surface area contributed by atoms with Crippen molar-refractivity contribution >= 4 is 56.6 Å². The molecule has 0 heterocycles. The standard InChI is InChI=1S/C28H34Cl2N2O3S2/c1-37(34,35)32(17-27(33)31-8-9-36-18-19-2-7-25(29)26(30)13-19)24-5-3-23(4-6-24)28-14-20-10-21(15-28)12-22(11-20)16-28/h2-7,13,20-22H,8-12,14-18H2,1H3,(H,31,33). The molecule has 1 N–H and O–H groups in total. The third kappa shape index (κ3) is 6.26. The molecule has 9 heteroatoms. The number of amides is 1. The van der Waals surface area contributed by atoms with E-state index in [0.29, 0.717) is 28.0 Å². The molecule has 0 aromatic heterocycles. The topological polar surface area (TPSA) is 66.5 Å². The highest BCUT2D eigenvalue weighted by Gasteiger charge is 2.51.